The van der Waals surface area contributed by atoms with Crippen LogP contribution < -0.4 is 0 Å². The van der Waals surface area contributed by atoms with Crippen LogP contribution in [0.5, 0.6) is 0 Å². The predicted octanol–water partition coefficient (Wildman–Crippen LogP) is 3.97. The van der Waals surface area contributed by atoms with E-state index in [4.69, 9.17) is 11.6 Å². The van der Waals surface area contributed by atoms with Crippen LogP contribution in [0.4, 0.5) is 0 Å². The van der Waals surface area contributed by atoms with E-state index < -0.39 is 0 Å². The molecular formula is C13H15BrClNO. The monoisotopic (exact) mass is 315 g/mol. The lowest BCUT2D eigenvalue weighted by molar-refractivity contribution is 0.0696. The molecule has 92 valence electrons. The fraction of sp³-hybridized carbons (Fsp3) is 0.462. The van der Waals surface area contributed by atoms with E-state index in [1.54, 1.807) is 12.1 Å². The summed E-state index contributed by atoms with van der Waals surface area (Å²) in [4.78, 5) is 14.2. The van der Waals surface area contributed by atoms with Crippen molar-refractivity contribution in [3.05, 3.63) is 33.3 Å². The Bertz CT molecular complexity index is 427. The quantitative estimate of drug-likeness (QED) is 0.767. The van der Waals surface area contributed by atoms with Gasteiger partial charge in [0, 0.05) is 22.6 Å². The van der Waals surface area contributed by atoms with Crippen LogP contribution in [0.3, 0.4) is 0 Å². The van der Waals surface area contributed by atoms with Crippen molar-refractivity contribution in [3.63, 3.8) is 0 Å². The smallest absolute Gasteiger partial charge is 0.255 e. The van der Waals surface area contributed by atoms with E-state index in [-0.39, 0.29) is 5.91 Å². The molecule has 1 aromatic carbocycles. The third-order valence-electron chi connectivity index (χ3n) is 3.23. The van der Waals surface area contributed by atoms with Crippen LogP contribution in [-0.4, -0.2) is 23.9 Å². The molecule has 0 bridgehead atoms. The van der Waals surface area contributed by atoms with Gasteiger partial charge in [-0.25, -0.2) is 0 Å². The van der Waals surface area contributed by atoms with Gasteiger partial charge in [-0.05, 0) is 52.9 Å². The van der Waals surface area contributed by atoms with Crippen LogP contribution in [0.15, 0.2) is 22.7 Å². The number of benzene rings is 1. The van der Waals surface area contributed by atoms with Crippen molar-refractivity contribution in [2.45, 2.75) is 19.8 Å². The topological polar surface area (TPSA) is 20.3 Å². The number of piperidine rings is 1. The molecule has 0 aliphatic carbocycles. The molecule has 1 saturated heterocycles. The Hall–Kier alpha value is -0.540. The van der Waals surface area contributed by atoms with Gasteiger partial charge in [-0.3, -0.25) is 4.79 Å². The molecule has 0 N–H and O–H groups in total. The maximum Gasteiger partial charge on any atom is 0.255 e. The molecule has 17 heavy (non-hydrogen) atoms. The van der Waals surface area contributed by atoms with Gasteiger partial charge in [0.2, 0.25) is 0 Å². The molecule has 0 radical (unpaired) electrons. The lowest BCUT2D eigenvalue weighted by Gasteiger charge is -2.30. The first-order valence-corrected chi connectivity index (χ1v) is 6.99. The van der Waals surface area contributed by atoms with Crippen molar-refractivity contribution >= 4 is 33.4 Å². The minimum absolute atomic E-state index is 0.0753. The minimum Gasteiger partial charge on any atom is -0.339 e. The second-order valence-corrected chi connectivity index (χ2v) is 5.89. The van der Waals surface area contributed by atoms with Crippen LogP contribution in [0.1, 0.15) is 30.1 Å². The van der Waals surface area contributed by atoms with Gasteiger partial charge in [0.15, 0.2) is 0 Å². The number of likely N-dealkylation sites (tertiary alicyclic amines) is 1. The number of hydrogen-bond acceptors (Lipinski definition) is 1. The van der Waals surface area contributed by atoms with Crippen LogP contribution in [-0.2, 0) is 0 Å². The highest BCUT2D eigenvalue weighted by molar-refractivity contribution is 9.10. The van der Waals surface area contributed by atoms with E-state index in [9.17, 15) is 4.79 Å². The first-order chi connectivity index (χ1) is 8.08. The van der Waals surface area contributed by atoms with E-state index in [1.807, 2.05) is 11.0 Å². The van der Waals surface area contributed by atoms with Crippen LogP contribution in [0, 0.1) is 5.92 Å². The van der Waals surface area contributed by atoms with E-state index in [1.165, 1.54) is 0 Å². The zero-order valence-corrected chi connectivity index (χ0v) is 12.1. The standard InChI is InChI=1S/C13H15BrClNO/c1-9-4-6-16(7-5-9)13(17)11-8-10(15)2-3-12(11)14/h2-3,8-9H,4-7H2,1H3. The summed E-state index contributed by atoms with van der Waals surface area (Å²) in [5.41, 5.74) is 0.659. The molecule has 4 heteroatoms. The van der Waals surface area contributed by atoms with Crippen LogP contribution in [0.2, 0.25) is 5.02 Å². The van der Waals surface area contributed by atoms with Crippen molar-refractivity contribution in [1.29, 1.82) is 0 Å². The van der Waals surface area contributed by atoms with Gasteiger partial charge in [-0.1, -0.05) is 18.5 Å². The molecule has 0 atom stereocenters. The normalized spacial score (nSPS) is 17.2. The van der Waals surface area contributed by atoms with Crippen LogP contribution in [0.25, 0.3) is 0 Å². The number of carbonyl (C=O) groups is 1. The summed E-state index contributed by atoms with van der Waals surface area (Å²) in [5, 5.41) is 0.599. The Morgan fingerprint density at radius 2 is 2.06 bits per heavy atom. The van der Waals surface area contributed by atoms with E-state index in [0.717, 1.165) is 36.3 Å². The van der Waals surface area contributed by atoms with E-state index in [2.05, 4.69) is 22.9 Å². The molecule has 0 aromatic heterocycles. The lowest BCUT2D eigenvalue weighted by Crippen LogP contribution is -2.38. The lowest BCUT2D eigenvalue weighted by atomic mass is 9.98. The molecule has 1 aliphatic heterocycles. The highest BCUT2D eigenvalue weighted by Crippen LogP contribution is 2.25. The molecule has 1 fully saturated rings. The first kappa shape index (κ1) is 12.9. The number of hydrogen-bond donors (Lipinski definition) is 0. The van der Waals surface area contributed by atoms with E-state index in [0.29, 0.717) is 10.6 Å². The van der Waals surface area contributed by atoms with Crippen molar-refractivity contribution in [3.8, 4) is 0 Å². The van der Waals surface area contributed by atoms with Gasteiger partial charge >= 0.3 is 0 Å². The SMILES string of the molecule is CC1CCN(C(=O)c2cc(Cl)ccc2Br)CC1. The molecule has 1 aliphatic rings. The zero-order valence-electron chi connectivity index (χ0n) is 9.75. The summed E-state index contributed by atoms with van der Waals surface area (Å²) >= 11 is 9.33. The highest BCUT2D eigenvalue weighted by Gasteiger charge is 2.22. The Balaban J connectivity index is 2.16. The maximum absolute atomic E-state index is 12.3. The molecular weight excluding hydrogens is 302 g/mol. The molecule has 0 spiro atoms. The number of amides is 1. The summed E-state index contributed by atoms with van der Waals surface area (Å²) < 4.78 is 0.811. The van der Waals surface area contributed by atoms with Crippen molar-refractivity contribution < 1.29 is 4.79 Å². The number of carbonyl (C=O) groups excluding carboxylic acids is 1. The largest absolute Gasteiger partial charge is 0.339 e. The molecule has 1 aromatic rings. The summed E-state index contributed by atoms with van der Waals surface area (Å²) in [6, 6.07) is 5.33. The number of halogens is 2. The third-order valence-corrected chi connectivity index (χ3v) is 4.16. The Kier molecular flexibility index (Phi) is 4.10. The Labute approximate surface area is 115 Å². The summed E-state index contributed by atoms with van der Waals surface area (Å²) in [5.74, 6) is 0.799. The van der Waals surface area contributed by atoms with Crippen molar-refractivity contribution in [2.24, 2.45) is 5.92 Å². The van der Waals surface area contributed by atoms with Crippen LogP contribution >= 0.6 is 27.5 Å². The maximum atomic E-state index is 12.3. The van der Waals surface area contributed by atoms with Crippen molar-refractivity contribution in [1.82, 2.24) is 4.90 Å². The first-order valence-electron chi connectivity index (χ1n) is 5.82. The summed E-state index contributed by atoms with van der Waals surface area (Å²) in [6.45, 7) is 3.93. The van der Waals surface area contributed by atoms with Gasteiger partial charge in [0.1, 0.15) is 0 Å². The third kappa shape index (κ3) is 3.02. The molecule has 1 heterocycles. The zero-order chi connectivity index (χ0) is 12.4. The second kappa shape index (κ2) is 5.40. The average molecular weight is 317 g/mol. The molecule has 2 rings (SSSR count). The number of nitrogens with zero attached hydrogens (tertiary/aromatic N) is 1. The van der Waals surface area contributed by atoms with Gasteiger partial charge in [0.25, 0.3) is 5.91 Å². The summed E-state index contributed by atoms with van der Waals surface area (Å²) in [6.07, 6.45) is 2.17. The number of rotatable bonds is 1. The van der Waals surface area contributed by atoms with Gasteiger partial charge in [-0.15, -0.1) is 0 Å². The fourth-order valence-electron chi connectivity index (χ4n) is 2.04. The molecule has 0 unspecified atom stereocenters. The van der Waals surface area contributed by atoms with Crippen molar-refractivity contribution in [2.75, 3.05) is 13.1 Å². The van der Waals surface area contributed by atoms with Gasteiger partial charge in [0.05, 0.1) is 5.56 Å². The molecule has 0 saturated carbocycles. The van der Waals surface area contributed by atoms with Gasteiger partial charge < -0.3 is 4.90 Å². The summed E-state index contributed by atoms with van der Waals surface area (Å²) in [7, 11) is 0. The highest BCUT2D eigenvalue weighted by atomic mass is 79.9. The van der Waals surface area contributed by atoms with Gasteiger partial charge in [-0.2, -0.15) is 0 Å². The fourth-order valence-corrected chi connectivity index (χ4v) is 2.63. The molecule has 2 nitrogen and oxygen atoms in total. The Morgan fingerprint density at radius 3 is 2.71 bits per heavy atom. The molecule has 1 amide bonds. The second-order valence-electron chi connectivity index (χ2n) is 4.60. The predicted molar refractivity (Wildman–Crippen MR) is 73.5 cm³/mol. The average Bonchev–Trinajstić information content (AvgIpc) is 2.32. The van der Waals surface area contributed by atoms with E-state index >= 15 is 0 Å². The Morgan fingerprint density at radius 1 is 1.41 bits per heavy atom. The minimum atomic E-state index is 0.0753.